The highest BCUT2D eigenvalue weighted by molar-refractivity contribution is 4.93. The molecule has 2 saturated heterocycles. The highest BCUT2D eigenvalue weighted by atomic mass is 16.7. The van der Waals surface area contributed by atoms with Gasteiger partial charge in [-0.15, -0.1) is 0 Å². The number of fused-ring (bicyclic) bond motifs is 1. The largest absolute Gasteiger partial charge is 0.356 e. The lowest BCUT2D eigenvalue weighted by atomic mass is 9.80. The number of hydrogen-bond acceptors (Lipinski definition) is 4. The minimum Gasteiger partial charge on any atom is -0.356 e. The standard InChI is InChI=1S/C12H22O4/c1-11(2)7-9-12(14-4,15-8-11)6-5-10(13-3)16-9/h9-10H,5-8H2,1-4H3/t9-,10+,12+/m0/s1. The summed E-state index contributed by atoms with van der Waals surface area (Å²) in [6, 6.07) is 0. The molecule has 0 N–H and O–H groups in total. The highest BCUT2D eigenvalue weighted by Crippen LogP contribution is 2.44. The molecule has 0 spiro atoms. The maximum atomic E-state index is 5.92. The molecule has 2 aliphatic heterocycles. The second-order valence-corrected chi connectivity index (χ2v) is 5.50. The minimum atomic E-state index is -0.551. The van der Waals surface area contributed by atoms with E-state index in [0.717, 1.165) is 25.9 Å². The highest BCUT2D eigenvalue weighted by Gasteiger charge is 2.52. The van der Waals surface area contributed by atoms with Crippen LogP contribution in [0.5, 0.6) is 0 Å². The first-order chi connectivity index (χ1) is 7.51. The van der Waals surface area contributed by atoms with Gasteiger partial charge in [-0.2, -0.15) is 0 Å². The van der Waals surface area contributed by atoms with Gasteiger partial charge in [-0.05, 0) is 11.8 Å². The Morgan fingerprint density at radius 1 is 1.25 bits per heavy atom. The molecule has 4 nitrogen and oxygen atoms in total. The summed E-state index contributed by atoms with van der Waals surface area (Å²) < 4.78 is 22.7. The van der Waals surface area contributed by atoms with Crippen molar-refractivity contribution >= 4 is 0 Å². The molecule has 0 unspecified atom stereocenters. The van der Waals surface area contributed by atoms with Crippen LogP contribution in [0.25, 0.3) is 0 Å². The molecule has 2 aliphatic rings. The fraction of sp³-hybridized carbons (Fsp3) is 1.00. The lowest BCUT2D eigenvalue weighted by molar-refractivity contribution is -0.367. The molecule has 16 heavy (non-hydrogen) atoms. The molecule has 4 heteroatoms. The van der Waals surface area contributed by atoms with Crippen LogP contribution in [0.15, 0.2) is 0 Å². The van der Waals surface area contributed by atoms with Gasteiger partial charge in [0.05, 0.1) is 6.61 Å². The second kappa shape index (κ2) is 4.26. The Kier molecular flexibility index (Phi) is 3.27. The van der Waals surface area contributed by atoms with Crippen molar-refractivity contribution in [3.63, 3.8) is 0 Å². The predicted octanol–water partition coefficient (Wildman–Crippen LogP) is 1.93. The van der Waals surface area contributed by atoms with Gasteiger partial charge >= 0.3 is 0 Å². The van der Waals surface area contributed by atoms with Crippen LogP contribution in [-0.4, -0.2) is 39.0 Å². The summed E-state index contributed by atoms with van der Waals surface area (Å²) in [5.74, 6) is -0.551. The molecular formula is C12H22O4. The maximum Gasteiger partial charge on any atom is 0.194 e. The van der Waals surface area contributed by atoms with Gasteiger partial charge in [-0.25, -0.2) is 0 Å². The van der Waals surface area contributed by atoms with Crippen molar-refractivity contribution in [3.8, 4) is 0 Å². The van der Waals surface area contributed by atoms with Crippen LogP contribution in [0.4, 0.5) is 0 Å². The van der Waals surface area contributed by atoms with Crippen LogP contribution < -0.4 is 0 Å². The van der Waals surface area contributed by atoms with Gasteiger partial charge in [0.2, 0.25) is 0 Å². The predicted molar refractivity (Wildman–Crippen MR) is 59.0 cm³/mol. The topological polar surface area (TPSA) is 36.9 Å². The van der Waals surface area contributed by atoms with E-state index in [2.05, 4.69) is 13.8 Å². The van der Waals surface area contributed by atoms with E-state index in [1.807, 2.05) is 0 Å². The van der Waals surface area contributed by atoms with Crippen molar-refractivity contribution in [1.29, 1.82) is 0 Å². The third-order valence-corrected chi connectivity index (χ3v) is 3.59. The zero-order valence-electron chi connectivity index (χ0n) is 10.6. The Morgan fingerprint density at radius 3 is 2.62 bits per heavy atom. The Hall–Kier alpha value is -0.160. The van der Waals surface area contributed by atoms with E-state index in [1.165, 1.54) is 0 Å². The van der Waals surface area contributed by atoms with Gasteiger partial charge < -0.3 is 18.9 Å². The molecule has 0 radical (unpaired) electrons. The van der Waals surface area contributed by atoms with Crippen LogP contribution in [-0.2, 0) is 18.9 Å². The maximum absolute atomic E-state index is 5.92. The summed E-state index contributed by atoms with van der Waals surface area (Å²) in [5, 5.41) is 0. The fourth-order valence-corrected chi connectivity index (χ4v) is 2.55. The van der Waals surface area contributed by atoms with Crippen LogP contribution >= 0.6 is 0 Å². The van der Waals surface area contributed by atoms with Crippen molar-refractivity contribution in [2.45, 2.75) is 51.3 Å². The SMILES string of the molecule is CO[C@H]1CC[C@@]2(OC)OCC(C)(C)C[C@@H]2O1. The first kappa shape index (κ1) is 12.3. The number of methoxy groups -OCH3 is 2. The molecular weight excluding hydrogens is 208 g/mol. The van der Waals surface area contributed by atoms with Gasteiger partial charge in [0.25, 0.3) is 0 Å². The van der Waals surface area contributed by atoms with Gasteiger partial charge in [0.15, 0.2) is 12.1 Å². The minimum absolute atomic E-state index is 0.0278. The summed E-state index contributed by atoms with van der Waals surface area (Å²) in [7, 11) is 3.38. The number of rotatable bonds is 2. The lowest BCUT2D eigenvalue weighted by Crippen LogP contribution is -2.59. The van der Waals surface area contributed by atoms with E-state index < -0.39 is 5.79 Å². The van der Waals surface area contributed by atoms with Crippen LogP contribution in [0.3, 0.4) is 0 Å². The van der Waals surface area contributed by atoms with E-state index in [1.54, 1.807) is 14.2 Å². The van der Waals surface area contributed by atoms with E-state index in [-0.39, 0.29) is 17.8 Å². The van der Waals surface area contributed by atoms with Crippen LogP contribution in [0.1, 0.15) is 33.1 Å². The molecule has 3 atom stereocenters. The molecule has 0 aromatic carbocycles. The summed E-state index contributed by atoms with van der Waals surface area (Å²) in [4.78, 5) is 0. The molecule has 2 heterocycles. The first-order valence-electron chi connectivity index (χ1n) is 5.89. The normalized spacial score (nSPS) is 42.8. The summed E-state index contributed by atoms with van der Waals surface area (Å²) in [6.45, 7) is 5.09. The Bertz CT molecular complexity index is 253. The third-order valence-electron chi connectivity index (χ3n) is 3.59. The Labute approximate surface area is 97.2 Å². The van der Waals surface area contributed by atoms with Crippen molar-refractivity contribution in [1.82, 2.24) is 0 Å². The van der Waals surface area contributed by atoms with Crippen molar-refractivity contribution in [2.75, 3.05) is 20.8 Å². The molecule has 2 fully saturated rings. The summed E-state index contributed by atoms with van der Waals surface area (Å²) >= 11 is 0. The molecule has 0 saturated carbocycles. The molecule has 0 amide bonds. The van der Waals surface area contributed by atoms with E-state index >= 15 is 0 Å². The van der Waals surface area contributed by atoms with Crippen LogP contribution in [0, 0.1) is 5.41 Å². The van der Waals surface area contributed by atoms with Gasteiger partial charge in [0, 0.05) is 27.1 Å². The quantitative estimate of drug-likeness (QED) is 0.726. The van der Waals surface area contributed by atoms with Crippen molar-refractivity contribution in [2.24, 2.45) is 5.41 Å². The number of ether oxygens (including phenoxy) is 4. The Balaban J connectivity index is 2.12. The van der Waals surface area contributed by atoms with E-state index in [4.69, 9.17) is 18.9 Å². The molecule has 0 aromatic heterocycles. The van der Waals surface area contributed by atoms with Crippen LogP contribution in [0.2, 0.25) is 0 Å². The van der Waals surface area contributed by atoms with E-state index in [0.29, 0.717) is 0 Å². The molecule has 94 valence electrons. The van der Waals surface area contributed by atoms with E-state index in [9.17, 15) is 0 Å². The lowest BCUT2D eigenvalue weighted by Gasteiger charge is -2.51. The Morgan fingerprint density at radius 2 is 2.00 bits per heavy atom. The number of hydrogen-bond donors (Lipinski definition) is 0. The summed E-state index contributed by atoms with van der Waals surface area (Å²) in [5.41, 5.74) is 0.141. The van der Waals surface area contributed by atoms with Crippen molar-refractivity contribution in [3.05, 3.63) is 0 Å². The monoisotopic (exact) mass is 230 g/mol. The molecule has 0 aliphatic carbocycles. The molecule has 0 bridgehead atoms. The van der Waals surface area contributed by atoms with Gasteiger partial charge in [-0.3, -0.25) is 0 Å². The average Bonchev–Trinajstić information content (AvgIpc) is 2.27. The third kappa shape index (κ3) is 2.12. The molecule has 0 aromatic rings. The second-order valence-electron chi connectivity index (χ2n) is 5.50. The molecule has 2 rings (SSSR count). The first-order valence-corrected chi connectivity index (χ1v) is 5.89. The average molecular weight is 230 g/mol. The summed E-state index contributed by atoms with van der Waals surface area (Å²) in [6.07, 6.45) is 2.45. The zero-order valence-corrected chi connectivity index (χ0v) is 10.6. The van der Waals surface area contributed by atoms with Gasteiger partial charge in [-0.1, -0.05) is 13.8 Å². The smallest absolute Gasteiger partial charge is 0.194 e. The van der Waals surface area contributed by atoms with Crippen molar-refractivity contribution < 1.29 is 18.9 Å². The van der Waals surface area contributed by atoms with Gasteiger partial charge in [0.1, 0.15) is 6.10 Å². The zero-order chi connectivity index (χ0) is 11.8. The fourth-order valence-electron chi connectivity index (χ4n) is 2.55.